The lowest BCUT2D eigenvalue weighted by Crippen LogP contribution is -2.69. The molecule has 1 heterocycles. The predicted molar refractivity (Wildman–Crippen MR) is 76.2 cm³/mol. The van der Waals surface area contributed by atoms with E-state index in [1.54, 1.807) is 19.1 Å². The number of nitrogens with one attached hydrogen (secondary N) is 1. The largest absolute Gasteiger partial charge is 0.338 e. The molecule has 100 valence electrons. The lowest BCUT2D eigenvalue weighted by Gasteiger charge is -2.47. The number of carbonyl (C=O) groups is 2. The van der Waals surface area contributed by atoms with E-state index in [1.165, 1.54) is 0 Å². The van der Waals surface area contributed by atoms with Gasteiger partial charge in [0.15, 0.2) is 5.78 Å². The van der Waals surface area contributed by atoms with Crippen LogP contribution in [0.4, 0.5) is 0 Å². The molecule has 0 saturated carbocycles. The third-order valence-electron chi connectivity index (χ3n) is 3.99. The van der Waals surface area contributed by atoms with Gasteiger partial charge in [0.05, 0.1) is 5.92 Å². The van der Waals surface area contributed by atoms with Gasteiger partial charge >= 0.3 is 0 Å². The number of ketones is 1. The van der Waals surface area contributed by atoms with Crippen molar-refractivity contribution in [2.45, 2.75) is 12.5 Å². The van der Waals surface area contributed by atoms with E-state index in [1.807, 2.05) is 48.5 Å². The summed E-state index contributed by atoms with van der Waals surface area (Å²) >= 11 is 0. The molecule has 1 fully saturated rings. The van der Waals surface area contributed by atoms with Crippen molar-refractivity contribution < 1.29 is 9.59 Å². The molecule has 2 aromatic rings. The van der Waals surface area contributed by atoms with Crippen LogP contribution >= 0.6 is 0 Å². The fraction of sp³-hybridized carbons (Fsp3) is 0.176. The van der Waals surface area contributed by atoms with Crippen molar-refractivity contribution in [3.05, 3.63) is 71.8 Å². The molecular weight excluding hydrogens is 250 g/mol. The Labute approximate surface area is 117 Å². The van der Waals surface area contributed by atoms with Crippen LogP contribution in [0.5, 0.6) is 0 Å². The first kappa shape index (κ1) is 12.6. The minimum atomic E-state index is -0.931. The first-order valence-corrected chi connectivity index (χ1v) is 6.63. The van der Waals surface area contributed by atoms with Gasteiger partial charge in [-0.15, -0.1) is 0 Å². The zero-order chi connectivity index (χ0) is 14.2. The fourth-order valence-corrected chi connectivity index (χ4v) is 2.75. The highest BCUT2D eigenvalue weighted by molar-refractivity contribution is 6.12. The third kappa shape index (κ3) is 1.67. The highest BCUT2D eigenvalue weighted by Gasteiger charge is 2.57. The van der Waals surface area contributed by atoms with E-state index < -0.39 is 5.54 Å². The molecule has 0 aliphatic carbocycles. The van der Waals surface area contributed by atoms with Crippen molar-refractivity contribution in [2.75, 3.05) is 0 Å². The Morgan fingerprint density at radius 1 is 1.00 bits per heavy atom. The maximum atomic E-state index is 12.9. The Balaban J connectivity index is 2.09. The van der Waals surface area contributed by atoms with E-state index >= 15 is 0 Å². The topological polar surface area (TPSA) is 46.2 Å². The molecule has 2 atom stereocenters. The van der Waals surface area contributed by atoms with E-state index in [0.29, 0.717) is 5.56 Å². The quantitative estimate of drug-likeness (QED) is 0.684. The second kappa shape index (κ2) is 4.60. The Morgan fingerprint density at radius 3 is 2.05 bits per heavy atom. The molecule has 3 nitrogen and oxygen atoms in total. The number of β-lactam (4-membered cyclic amide) rings is 1. The minimum absolute atomic E-state index is 0.0589. The van der Waals surface area contributed by atoms with Crippen LogP contribution in [0.15, 0.2) is 60.7 Å². The van der Waals surface area contributed by atoms with Gasteiger partial charge in [-0.2, -0.15) is 0 Å². The zero-order valence-electron chi connectivity index (χ0n) is 11.2. The molecule has 1 saturated heterocycles. The molecule has 1 amide bonds. The van der Waals surface area contributed by atoms with Crippen molar-refractivity contribution in [1.82, 2.24) is 5.32 Å². The number of benzene rings is 2. The van der Waals surface area contributed by atoms with Crippen LogP contribution in [0.2, 0.25) is 0 Å². The van der Waals surface area contributed by atoms with Crippen molar-refractivity contribution in [3.63, 3.8) is 0 Å². The van der Waals surface area contributed by atoms with Crippen LogP contribution in [0.1, 0.15) is 22.8 Å². The van der Waals surface area contributed by atoms with E-state index in [9.17, 15) is 9.59 Å². The Hall–Kier alpha value is -2.42. The van der Waals surface area contributed by atoms with Crippen LogP contribution < -0.4 is 5.32 Å². The summed E-state index contributed by atoms with van der Waals surface area (Å²) in [5, 5.41) is 2.83. The number of hydrogen-bond donors (Lipinski definition) is 1. The molecule has 20 heavy (non-hydrogen) atoms. The Morgan fingerprint density at radius 2 is 1.55 bits per heavy atom. The zero-order valence-corrected chi connectivity index (χ0v) is 11.2. The van der Waals surface area contributed by atoms with E-state index in [2.05, 4.69) is 5.32 Å². The lowest BCUT2D eigenvalue weighted by molar-refractivity contribution is -0.138. The van der Waals surface area contributed by atoms with Crippen LogP contribution in [-0.2, 0) is 10.3 Å². The standard InChI is InChI=1S/C17H15NO2/c1-12-16(20)18-17(12,14-10-6-3-7-11-14)15(19)13-8-4-2-5-9-13/h2-12H,1H3,(H,18,20). The summed E-state index contributed by atoms with van der Waals surface area (Å²) in [6.45, 7) is 1.80. The highest BCUT2D eigenvalue weighted by Crippen LogP contribution is 2.40. The van der Waals surface area contributed by atoms with Crippen molar-refractivity contribution >= 4 is 11.7 Å². The second-order valence-corrected chi connectivity index (χ2v) is 5.08. The summed E-state index contributed by atoms with van der Waals surface area (Å²) in [7, 11) is 0. The SMILES string of the molecule is CC1C(=O)NC1(C(=O)c1ccccc1)c1ccccc1. The normalized spacial score (nSPS) is 24.6. The fourth-order valence-electron chi connectivity index (χ4n) is 2.75. The first-order valence-electron chi connectivity index (χ1n) is 6.63. The average Bonchev–Trinajstić information content (AvgIpc) is 2.53. The summed E-state index contributed by atoms with van der Waals surface area (Å²) in [5.41, 5.74) is 0.517. The molecule has 0 bridgehead atoms. The average molecular weight is 265 g/mol. The van der Waals surface area contributed by atoms with Crippen molar-refractivity contribution in [3.8, 4) is 0 Å². The van der Waals surface area contributed by atoms with Gasteiger partial charge in [0, 0.05) is 5.56 Å². The van der Waals surface area contributed by atoms with Crippen LogP contribution in [-0.4, -0.2) is 11.7 Å². The lowest BCUT2D eigenvalue weighted by atomic mass is 9.67. The van der Waals surface area contributed by atoms with Gasteiger partial charge in [-0.1, -0.05) is 67.6 Å². The summed E-state index contributed by atoms with van der Waals surface area (Å²) < 4.78 is 0. The Bertz CT molecular complexity index is 651. The third-order valence-corrected chi connectivity index (χ3v) is 3.99. The summed E-state index contributed by atoms with van der Waals surface area (Å²) in [4.78, 5) is 24.6. The molecule has 2 aromatic carbocycles. The van der Waals surface area contributed by atoms with Gasteiger partial charge in [0.2, 0.25) is 5.91 Å². The van der Waals surface area contributed by atoms with Gasteiger partial charge in [-0.05, 0) is 5.56 Å². The van der Waals surface area contributed by atoms with Crippen molar-refractivity contribution in [1.29, 1.82) is 0 Å². The Kier molecular flexibility index (Phi) is 2.90. The maximum Gasteiger partial charge on any atom is 0.227 e. The number of hydrogen-bond acceptors (Lipinski definition) is 2. The second-order valence-electron chi connectivity index (χ2n) is 5.08. The minimum Gasteiger partial charge on any atom is -0.338 e. The van der Waals surface area contributed by atoms with Crippen LogP contribution in [0, 0.1) is 5.92 Å². The molecule has 3 heteroatoms. The molecular formula is C17H15NO2. The number of carbonyl (C=O) groups excluding carboxylic acids is 2. The summed E-state index contributed by atoms with van der Waals surface area (Å²) in [6, 6.07) is 18.5. The van der Waals surface area contributed by atoms with E-state index in [0.717, 1.165) is 5.56 Å². The smallest absolute Gasteiger partial charge is 0.227 e. The van der Waals surface area contributed by atoms with E-state index in [-0.39, 0.29) is 17.6 Å². The van der Waals surface area contributed by atoms with Gasteiger partial charge in [0.1, 0.15) is 5.54 Å². The summed E-state index contributed by atoms with van der Waals surface area (Å²) in [6.07, 6.45) is 0. The van der Waals surface area contributed by atoms with Crippen LogP contribution in [0.3, 0.4) is 0 Å². The molecule has 0 spiro atoms. The van der Waals surface area contributed by atoms with E-state index in [4.69, 9.17) is 0 Å². The van der Waals surface area contributed by atoms with Crippen molar-refractivity contribution in [2.24, 2.45) is 5.92 Å². The predicted octanol–water partition coefficient (Wildman–Crippen LogP) is 2.53. The monoisotopic (exact) mass is 265 g/mol. The van der Waals surface area contributed by atoms with Gasteiger partial charge in [-0.25, -0.2) is 0 Å². The highest BCUT2D eigenvalue weighted by atomic mass is 16.2. The number of Topliss-reactive ketones (excluding diaryl/α,β-unsaturated/α-hetero) is 1. The number of rotatable bonds is 3. The molecule has 3 rings (SSSR count). The van der Waals surface area contributed by atoms with Gasteiger partial charge < -0.3 is 5.32 Å². The molecule has 1 aliphatic rings. The number of amides is 1. The summed E-state index contributed by atoms with van der Waals surface area (Å²) in [5.74, 6) is -0.507. The molecule has 0 aromatic heterocycles. The van der Waals surface area contributed by atoms with Gasteiger partial charge in [0.25, 0.3) is 0 Å². The molecule has 1 N–H and O–H groups in total. The maximum absolute atomic E-state index is 12.9. The first-order chi connectivity index (χ1) is 9.66. The molecule has 2 unspecified atom stereocenters. The van der Waals surface area contributed by atoms with Gasteiger partial charge in [-0.3, -0.25) is 9.59 Å². The molecule has 0 radical (unpaired) electrons. The molecule has 1 aliphatic heterocycles. The van der Waals surface area contributed by atoms with Crippen LogP contribution in [0.25, 0.3) is 0 Å².